The lowest BCUT2D eigenvalue weighted by Gasteiger charge is -2.42. The van der Waals surface area contributed by atoms with E-state index < -0.39 is 8.32 Å². The molecule has 0 unspecified atom stereocenters. The van der Waals surface area contributed by atoms with Crippen molar-refractivity contribution in [3.63, 3.8) is 0 Å². The summed E-state index contributed by atoms with van der Waals surface area (Å²) >= 11 is 6.53. The third-order valence-corrected chi connectivity index (χ3v) is 11.2. The highest BCUT2D eigenvalue weighted by Crippen LogP contribution is 2.40. The zero-order valence-corrected chi connectivity index (χ0v) is 19.6. The summed E-state index contributed by atoms with van der Waals surface area (Å²) in [6, 6.07) is 6.07. The van der Waals surface area contributed by atoms with Crippen LogP contribution >= 0.6 is 11.6 Å². The molecule has 1 aliphatic heterocycles. The van der Waals surface area contributed by atoms with Gasteiger partial charge in [-0.2, -0.15) is 0 Å². The van der Waals surface area contributed by atoms with Crippen molar-refractivity contribution < 1.29 is 4.43 Å². The molecular weight excluding hydrogens is 386 g/mol. The van der Waals surface area contributed by atoms with Gasteiger partial charge in [0.1, 0.15) is 0 Å². The molecule has 1 aliphatic rings. The van der Waals surface area contributed by atoms with Gasteiger partial charge in [-0.1, -0.05) is 32.4 Å². The smallest absolute Gasteiger partial charge is 0.192 e. The van der Waals surface area contributed by atoms with E-state index in [0.29, 0.717) is 12.6 Å². The van der Waals surface area contributed by atoms with Crippen LogP contribution in [-0.4, -0.2) is 39.0 Å². The minimum atomic E-state index is -1.73. The Bertz CT molecular complexity index is 826. The molecule has 0 bridgehead atoms. The predicted octanol–water partition coefficient (Wildman–Crippen LogP) is 5.38. The Balaban J connectivity index is 1.83. The molecule has 0 spiro atoms. The lowest BCUT2D eigenvalue weighted by Crippen LogP contribution is -2.47. The number of nitrogens with two attached hydrogens (primary N) is 1. The van der Waals surface area contributed by atoms with Crippen molar-refractivity contribution in [2.75, 3.05) is 24.5 Å². The summed E-state index contributed by atoms with van der Waals surface area (Å²) in [6.07, 6.45) is 5.10. The molecule has 0 atom stereocenters. The van der Waals surface area contributed by atoms with E-state index in [1.54, 1.807) is 0 Å². The largest absolute Gasteiger partial charge is 0.414 e. The number of aromatic nitrogens is 1. The fraction of sp³-hybridized carbons (Fsp3) is 0.591. The first kappa shape index (κ1) is 21.6. The minimum absolute atomic E-state index is 0.245. The van der Waals surface area contributed by atoms with Crippen LogP contribution in [0, 0.1) is 0 Å². The highest BCUT2D eigenvalue weighted by molar-refractivity contribution is 6.74. The summed E-state index contributed by atoms with van der Waals surface area (Å²) < 4.78 is 6.67. The predicted molar refractivity (Wildman–Crippen MR) is 123 cm³/mol. The van der Waals surface area contributed by atoms with Gasteiger partial charge in [-0.15, -0.1) is 0 Å². The third kappa shape index (κ3) is 4.38. The van der Waals surface area contributed by atoms with Crippen molar-refractivity contribution in [2.45, 2.75) is 64.3 Å². The number of hydrogen-bond acceptors (Lipinski definition) is 4. The summed E-state index contributed by atoms with van der Waals surface area (Å²) in [4.78, 5) is 7.14. The molecule has 154 valence electrons. The molecule has 1 fully saturated rings. The lowest BCUT2D eigenvalue weighted by atomic mass is 10.0. The fourth-order valence-electron chi connectivity index (χ4n) is 3.73. The van der Waals surface area contributed by atoms with Gasteiger partial charge >= 0.3 is 0 Å². The van der Waals surface area contributed by atoms with Gasteiger partial charge in [-0.05, 0) is 67.7 Å². The highest BCUT2D eigenvalue weighted by Gasteiger charge is 2.39. The van der Waals surface area contributed by atoms with Crippen molar-refractivity contribution in [1.82, 2.24) is 4.98 Å². The van der Waals surface area contributed by atoms with Crippen molar-refractivity contribution >= 4 is 36.5 Å². The van der Waals surface area contributed by atoms with Gasteiger partial charge < -0.3 is 15.1 Å². The van der Waals surface area contributed by atoms with Crippen molar-refractivity contribution in [3.8, 4) is 0 Å². The normalized spacial score (nSPS) is 16.8. The van der Waals surface area contributed by atoms with Crippen molar-refractivity contribution in [3.05, 3.63) is 35.0 Å². The van der Waals surface area contributed by atoms with E-state index in [1.807, 2.05) is 18.3 Å². The number of halogens is 1. The summed E-state index contributed by atoms with van der Waals surface area (Å²) in [7, 11) is -1.73. The Kier molecular flexibility index (Phi) is 6.40. The Labute approximate surface area is 175 Å². The molecule has 1 aromatic carbocycles. The van der Waals surface area contributed by atoms with Crippen LogP contribution in [-0.2, 0) is 10.8 Å². The van der Waals surface area contributed by atoms with E-state index in [0.717, 1.165) is 48.3 Å². The van der Waals surface area contributed by atoms with E-state index in [2.05, 4.69) is 49.8 Å². The van der Waals surface area contributed by atoms with Crippen LogP contribution < -0.4 is 10.6 Å². The van der Waals surface area contributed by atoms with E-state index in [1.165, 1.54) is 11.3 Å². The molecule has 1 aromatic heterocycles. The third-order valence-electron chi connectivity index (χ3n) is 6.33. The molecule has 2 aromatic rings. The van der Waals surface area contributed by atoms with Crippen LogP contribution in [0.5, 0.6) is 0 Å². The van der Waals surface area contributed by atoms with Crippen LogP contribution in [0.25, 0.3) is 10.9 Å². The van der Waals surface area contributed by atoms with Gasteiger partial charge in [0.2, 0.25) is 0 Å². The molecule has 0 saturated carbocycles. The number of hydrogen-bond donors (Lipinski definition) is 1. The van der Waals surface area contributed by atoms with Gasteiger partial charge in [0.05, 0.1) is 16.2 Å². The maximum Gasteiger partial charge on any atom is 0.192 e. The number of piperidine rings is 1. The first-order chi connectivity index (χ1) is 13.1. The Hall–Kier alpha value is -1.14. The number of fused-ring (bicyclic) bond motifs is 1. The summed E-state index contributed by atoms with van der Waals surface area (Å²) in [5.74, 6) is 0. The van der Waals surface area contributed by atoms with Crippen LogP contribution in [0.2, 0.25) is 23.2 Å². The molecule has 6 heteroatoms. The van der Waals surface area contributed by atoms with Gasteiger partial charge in [0.25, 0.3) is 0 Å². The van der Waals surface area contributed by atoms with E-state index >= 15 is 0 Å². The number of pyridine rings is 1. The topological polar surface area (TPSA) is 51.4 Å². The minimum Gasteiger partial charge on any atom is -0.414 e. The Morgan fingerprint density at radius 2 is 1.96 bits per heavy atom. The second-order valence-electron chi connectivity index (χ2n) is 9.37. The molecule has 3 rings (SSSR count). The lowest BCUT2D eigenvalue weighted by molar-refractivity contribution is 0.152. The van der Waals surface area contributed by atoms with E-state index in [4.69, 9.17) is 21.8 Å². The average molecular weight is 420 g/mol. The van der Waals surface area contributed by atoms with Gasteiger partial charge in [-0.3, -0.25) is 4.98 Å². The van der Waals surface area contributed by atoms with Crippen molar-refractivity contribution in [2.24, 2.45) is 5.73 Å². The second-order valence-corrected chi connectivity index (χ2v) is 14.5. The van der Waals surface area contributed by atoms with E-state index in [-0.39, 0.29) is 5.04 Å². The number of rotatable bonds is 5. The second kappa shape index (κ2) is 8.31. The number of anilines is 1. The molecule has 2 heterocycles. The summed E-state index contributed by atoms with van der Waals surface area (Å²) in [5.41, 5.74) is 9.28. The average Bonchev–Trinajstić information content (AvgIpc) is 2.62. The molecule has 0 amide bonds. The Morgan fingerprint density at radius 1 is 1.29 bits per heavy atom. The first-order valence-corrected chi connectivity index (χ1v) is 13.6. The molecule has 4 nitrogen and oxygen atoms in total. The first-order valence-electron chi connectivity index (χ1n) is 10.3. The van der Waals surface area contributed by atoms with Crippen LogP contribution in [0.3, 0.4) is 0 Å². The molecule has 0 radical (unpaired) electrons. The zero-order chi connectivity index (χ0) is 20.5. The monoisotopic (exact) mass is 419 g/mol. The van der Waals surface area contributed by atoms with Gasteiger partial charge in [0.15, 0.2) is 8.32 Å². The van der Waals surface area contributed by atoms with Crippen LogP contribution in [0.1, 0.15) is 39.2 Å². The SMILES string of the molecule is CC(C)(C)[Si](C)(C)OC1CCN(c2c(CCN)cc(Cl)c3cccnc23)CC1. The standard InChI is InChI=1S/C22H34ClN3OSi/c1-22(2,3)28(4,5)27-17-9-13-26(14-10-17)21-16(8-11-24)15-19(23)18-7-6-12-25-20(18)21/h6-7,12,15,17H,8-11,13-14,24H2,1-5H3. The maximum atomic E-state index is 6.67. The number of benzene rings is 1. The molecule has 2 N–H and O–H groups in total. The Morgan fingerprint density at radius 3 is 2.57 bits per heavy atom. The fourth-order valence-corrected chi connectivity index (χ4v) is 5.43. The highest BCUT2D eigenvalue weighted by atomic mass is 35.5. The van der Waals surface area contributed by atoms with Gasteiger partial charge in [0, 0.05) is 30.8 Å². The molecule has 0 aliphatic carbocycles. The van der Waals surface area contributed by atoms with Crippen molar-refractivity contribution in [1.29, 1.82) is 0 Å². The van der Waals surface area contributed by atoms with Crippen LogP contribution in [0.15, 0.2) is 24.4 Å². The molecule has 1 saturated heterocycles. The zero-order valence-electron chi connectivity index (χ0n) is 17.9. The molecule has 28 heavy (non-hydrogen) atoms. The van der Waals surface area contributed by atoms with Crippen LogP contribution in [0.4, 0.5) is 5.69 Å². The maximum absolute atomic E-state index is 6.67. The van der Waals surface area contributed by atoms with Gasteiger partial charge in [-0.25, -0.2) is 0 Å². The summed E-state index contributed by atoms with van der Waals surface area (Å²) in [5, 5.41) is 2.01. The van der Waals surface area contributed by atoms with E-state index in [9.17, 15) is 0 Å². The number of nitrogens with zero attached hydrogens (tertiary/aromatic N) is 2. The molecular formula is C22H34ClN3OSi. The summed E-state index contributed by atoms with van der Waals surface area (Å²) in [6.45, 7) is 14.2. The quantitative estimate of drug-likeness (QED) is 0.661.